The molecule has 0 saturated carbocycles. The maximum Gasteiger partial charge on any atom is 0.216 e. The lowest BCUT2D eigenvalue weighted by molar-refractivity contribution is -0.119. The van der Waals surface area contributed by atoms with Crippen LogP contribution in [-0.2, 0) is 4.79 Å². The van der Waals surface area contributed by atoms with Crippen LogP contribution in [0.3, 0.4) is 0 Å². The average molecular weight is 275 g/mol. The van der Waals surface area contributed by atoms with Crippen LogP contribution in [0.5, 0.6) is 5.75 Å². The first-order chi connectivity index (χ1) is 8.41. The van der Waals surface area contributed by atoms with Crippen molar-refractivity contribution in [2.24, 2.45) is 0 Å². The topological polar surface area (TPSA) is 103 Å². The number of halogens is 1. The van der Waals surface area contributed by atoms with E-state index in [9.17, 15) is 20.1 Å². The Balaban J connectivity index is 2.64. The van der Waals surface area contributed by atoms with E-state index in [1.807, 2.05) is 0 Å². The average Bonchev–Trinajstić information content (AvgIpc) is 2.30. The highest BCUT2D eigenvalue weighted by atomic mass is 35.5. The molecule has 1 amide bonds. The van der Waals surface area contributed by atoms with Gasteiger partial charge in [0.15, 0.2) is 0 Å². The van der Waals surface area contributed by atoms with Crippen LogP contribution in [-0.4, -0.2) is 38.9 Å². The summed E-state index contributed by atoms with van der Waals surface area (Å²) < 4.78 is 0. The number of aliphatic hydroxyl groups is 2. The largest absolute Gasteiger partial charge is 0.506 e. The predicted molar refractivity (Wildman–Crippen MR) is 65.2 cm³/mol. The molecule has 0 aromatic carbocycles. The fraction of sp³-hybridized carbons (Fsp3) is 0.455. The molecule has 2 atom stereocenters. The van der Waals surface area contributed by atoms with Crippen LogP contribution in [0.15, 0.2) is 12.1 Å². The van der Waals surface area contributed by atoms with Crippen LogP contribution in [0.25, 0.3) is 0 Å². The summed E-state index contributed by atoms with van der Waals surface area (Å²) in [6.45, 7) is 1.57. The summed E-state index contributed by atoms with van der Waals surface area (Å²) in [5.41, 5.74) is -0.0853. The highest BCUT2D eigenvalue weighted by molar-refractivity contribution is 6.29. The van der Waals surface area contributed by atoms with Crippen LogP contribution in [0.1, 0.15) is 25.1 Å². The molecule has 1 aromatic rings. The van der Waals surface area contributed by atoms with Crippen molar-refractivity contribution in [3.05, 3.63) is 23.0 Å². The quantitative estimate of drug-likeness (QED) is 0.581. The zero-order valence-electron chi connectivity index (χ0n) is 9.80. The fourth-order valence-corrected chi connectivity index (χ4v) is 1.55. The van der Waals surface area contributed by atoms with E-state index in [-0.39, 0.29) is 35.5 Å². The number of aliphatic hydroxyl groups excluding tert-OH is 2. The molecular weight excluding hydrogens is 260 g/mol. The molecular formula is C11H15ClN2O4. The lowest BCUT2D eigenvalue weighted by Gasteiger charge is -2.18. The van der Waals surface area contributed by atoms with E-state index in [0.717, 1.165) is 0 Å². The van der Waals surface area contributed by atoms with E-state index in [1.165, 1.54) is 19.1 Å². The Morgan fingerprint density at radius 3 is 2.78 bits per heavy atom. The number of rotatable bonds is 5. The molecule has 0 aliphatic rings. The zero-order chi connectivity index (χ0) is 13.7. The standard InChI is InChI=1S/C11H15ClN2O4/c1-6(15)13-5-4-8(17)11(18)10-7(16)2-3-9(12)14-10/h2-3,8,11,16-18H,4-5H2,1H3,(H,13,15). The summed E-state index contributed by atoms with van der Waals surface area (Å²) in [6, 6.07) is 2.66. The molecule has 6 nitrogen and oxygen atoms in total. The molecule has 1 heterocycles. The molecule has 100 valence electrons. The number of nitrogens with one attached hydrogen (secondary N) is 1. The van der Waals surface area contributed by atoms with Gasteiger partial charge in [-0.05, 0) is 18.6 Å². The summed E-state index contributed by atoms with van der Waals surface area (Å²) in [5, 5.41) is 31.6. The van der Waals surface area contributed by atoms with Gasteiger partial charge in [-0.2, -0.15) is 0 Å². The van der Waals surface area contributed by atoms with E-state index >= 15 is 0 Å². The molecule has 0 fully saturated rings. The van der Waals surface area contributed by atoms with E-state index in [2.05, 4.69) is 10.3 Å². The molecule has 4 N–H and O–H groups in total. The van der Waals surface area contributed by atoms with Crippen molar-refractivity contribution in [1.82, 2.24) is 10.3 Å². The lowest BCUT2D eigenvalue weighted by atomic mass is 10.1. The summed E-state index contributed by atoms with van der Waals surface area (Å²) in [6.07, 6.45) is -2.39. The van der Waals surface area contributed by atoms with Crippen LogP contribution < -0.4 is 5.32 Å². The van der Waals surface area contributed by atoms with Crippen molar-refractivity contribution < 1.29 is 20.1 Å². The third-order valence-corrected chi connectivity index (χ3v) is 2.54. The van der Waals surface area contributed by atoms with Gasteiger partial charge in [-0.25, -0.2) is 4.98 Å². The summed E-state index contributed by atoms with van der Waals surface area (Å²) in [7, 11) is 0. The Labute approximate surface area is 109 Å². The SMILES string of the molecule is CC(=O)NCCC(O)C(O)c1nc(Cl)ccc1O. The highest BCUT2D eigenvalue weighted by Gasteiger charge is 2.22. The lowest BCUT2D eigenvalue weighted by Crippen LogP contribution is -2.28. The monoisotopic (exact) mass is 274 g/mol. The maximum absolute atomic E-state index is 10.6. The first-order valence-electron chi connectivity index (χ1n) is 5.37. The Morgan fingerprint density at radius 2 is 2.17 bits per heavy atom. The fourth-order valence-electron chi connectivity index (χ4n) is 1.40. The first-order valence-corrected chi connectivity index (χ1v) is 5.75. The molecule has 0 radical (unpaired) electrons. The maximum atomic E-state index is 10.6. The van der Waals surface area contributed by atoms with E-state index in [4.69, 9.17) is 11.6 Å². The van der Waals surface area contributed by atoms with Gasteiger partial charge in [0.25, 0.3) is 0 Å². The van der Waals surface area contributed by atoms with Crippen LogP contribution in [0, 0.1) is 0 Å². The number of carbonyl (C=O) groups excluding carboxylic acids is 1. The Morgan fingerprint density at radius 1 is 1.50 bits per heavy atom. The molecule has 0 aliphatic carbocycles. The molecule has 0 saturated heterocycles. The molecule has 0 spiro atoms. The van der Waals surface area contributed by atoms with E-state index < -0.39 is 12.2 Å². The Bertz CT molecular complexity index is 428. The normalized spacial score (nSPS) is 14.0. The highest BCUT2D eigenvalue weighted by Crippen LogP contribution is 2.26. The number of aromatic nitrogens is 1. The number of pyridine rings is 1. The third-order valence-electron chi connectivity index (χ3n) is 2.33. The van der Waals surface area contributed by atoms with Gasteiger partial charge >= 0.3 is 0 Å². The third kappa shape index (κ3) is 4.14. The molecule has 0 aliphatic heterocycles. The van der Waals surface area contributed by atoms with Gasteiger partial charge in [-0.3, -0.25) is 4.79 Å². The molecule has 7 heteroatoms. The van der Waals surface area contributed by atoms with Gasteiger partial charge in [0.2, 0.25) is 5.91 Å². The number of nitrogens with zero attached hydrogens (tertiary/aromatic N) is 1. The minimum Gasteiger partial charge on any atom is -0.506 e. The molecule has 18 heavy (non-hydrogen) atoms. The Kier molecular flexibility index (Phi) is 5.33. The van der Waals surface area contributed by atoms with Crippen LogP contribution in [0.4, 0.5) is 0 Å². The van der Waals surface area contributed by atoms with Crippen molar-refractivity contribution in [3.8, 4) is 5.75 Å². The number of hydrogen-bond donors (Lipinski definition) is 4. The smallest absolute Gasteiger partial charge is 0.216 e. The van der Waals surface area contributed by atoms with Gasteiger partial charge in [-0.15, -0.1) is 0 Å². The molecule has 1 rings (SSSR count). The van der Waals surface area contributed by atoms with Crippen molar-refractivity contribution in [3.63, 3.8) is 0 Å². The minimum absolute atomic E-state index is 0.0853. The number of amides is 1. The molecule has 2 unspecified atom stereocenters. The number of aromatic hydroxyl groups is 1. The van der Waals surface area contributed by atoms with Crippen LogP contribution in [0.2, 0.25) is 5.15 Å². The van der Waals surface area contributed by atoms with Crippen molar-refractivity contribution in [2.75, 3.05) is 6.54 Å². The zero-order valence-corrected chi connectivity index (χ0v) is 10.6. The van der Waals surface area contributed by atoms with E-state index in [1.54, 1.807) is 0 Å². The minimum atomic E-state index is -1.36. The van der Waals surface area contributed by atoms with Gasteiger partial charge in [0.05, 0.1) is 6.10 Å². The van der Waals surface area contributed by atoms with Gasteiger partial charge in [0, 0.05) is 13.5 Å². The van der Waals surface area contributed by atoms with Crippen LogP contribution >= 0.6 is 11.6 Å². The van der Waals surface area contributed by atoms with Crippen molar-refractivity contribution in [1.29, 1.82) is 0 Å². The van der Waals surface area contributed by atoms with Crippen molar-refractivity contribution in [2.45, 2.75) is 25.6 Å². The second-order valence-electron chi connectivity index (χ2n) is 3.82. The number of hydrogen-bond acceptors (Lipinski definition) is 5. The van der Waals surface area contributed by atoms with Crippen molar-refractivity contribution >= 4 is 17.5 Å². The van der Waals surface area contributed by atoms with Gasteiger partial charge in [0.1, 0.15) is 22.7 Å². The number of carbonyl (C=O) groups is 1. The predicted octanol–water partition coefficient (Wildman–Crippen LogP) is 0.361. The summed E-state index contributed by atoms with van der Waals surface area (Å²) >= 11 is 5.64. The second-order valence-corrected chi connectivity index (χ2v) is 4.21. The summed E-state index contributed by atoms with van der Waals surface area (Å²) in [5.74, 6) is -0.467. The van der Waals surface area contributed by atoms with E-state index in [0.29, 0.717) is 0 Å². The summed E-state index contributed by atoms with van der Waals surface area (Å²) in [4.78, 5) is 14.4. The van der Waals surface area contributed by atoms with Gasteiger partial charge < -0.3 is 20.6 Å². The molecule has 1 aromatic heterocycles. The second kappa shape index (κ2) is 6.53. The Hall–Kier alpha value is -1.37. The molecule has 0 bridgehead atoms. The van der Waals surface area contributed by atoms with Gasteiger partial charge in [-0.1, -0.05) is 11.6 Å². The first kappa shape index (κ1) is 14.7.